The van der Waals surface area contributed by atoms with E-state index in [2.05, 4.69) is 0 Å². The minimum absolute atomic E-state index is 0.0908. The first-order valence-electron chi connectivity index (χ1n) is 5.48. The lowest BCUT2D eigenvalue weighted by atomic mass is 10.1. The molecule has 102 valence electrons. The lowest BCUT2D eigenvalue weighted by Crippen LogP contribution is -2.60. The molecule has 0 saturated carbocycles. The van der Waals surface area contributed by atoms with Gasteiger partial charge in [-0.15, -0.1) is 0 Å². The Kier molecular flexibility index (Phi) is 3.98. The van der Waals surface area contributed by atoms with Crippen molar-refractivity contribution in [2.45, 2.75) is 32.5 Å². The Hall–Kier alpha value is -1.60. The summed E-state index contributed by atoms with van der Waals surface area (Å²) in [4.78, 5) is 13.4. The first-order chi connectivity index (χ1) is 8.18. The summed E-state index contributed by atoms with van der Waals surface area (Å²) >= 11 is 0. The number of nitrogens with one attached hydrogen (secondary N) is 2. The van der Waals surface area contributed by atoms with Gasteiger partial charge in [-0.3, -0.25) is 15.6 Å². The highest BCUT2D eigenvalue weighted by Crippen LogP contribution is 2.23. The number of hydrogen-bond donors (Lipinski definition) is 2. The molecule has 18 heavy (non-hydrogen) atoms. The molecule has 1 aliphatic rings. The van der Waals surface area contributed by atoms with Crippen molar-refractivity contribution in [3.05, 3.63) is 0 Å². The van der Waals surface area contributed by atoms with E-state index in [0.29, 0.717) is 4.90 Å². The predicted octanol–water partition coefficient (Wildman–Crippen LogP) is 1.45. The quantitative estimate of drug-likeness (QED) is 0.555. The molecule has 5 nitrogen and oxygen atoms in total. The van der Waals surface area contributed by atoms with Crippen molar-refractivity contribution in [2.24, 2.45) is 0 Å². The van der Waals surface area contributed by atoms with E-state index < -0.39 is 18.1 Å². The Balaban J connectivity index is 2.85. The van der Waals surface area contributed by atoms with Crippen molar-refractivity contribution in [1.29, 1.82) is 10.8 Å². The van der Waals surface area contributed by atoms with Crippen LogP contribution in [0.5, 0.6) is 0 Å². The van der Waals surface area contributed by atoms with Crippen LogP contribution in [-0.2, 0) is 4.79 Å². The molecule has 0 aliphatic carbocycles. The zero-order valence-electron chi connectivity index (χ0n) is 10.1. The molecular weight excluding hydrogens is 249 g/mol. The summed E-state index contributed by atoms with van der Waals surface area (Å²) in [6, 6.07) is -0.726. The fourth-order valence-electron chi connectivity index (χ4n) is 1.89. The van der Waals surface area contributed by atoms with Gasteiger partial charge in [-0.1, -0.05) is 6.92 Å². The standard InChI is InChI=1S/C10H15F3N4O/c1-3-8(18)16-4-6(2)17(7(14)5-16)9(15)10(11,12)13/h6,14-15H,3-5H2,1-2H3. The Morgan fingerprint density at radius 3 is 2.44 bits per heavy atom. The number of amides is 1. The molecule has 0 aromatic rings. The molecule has 1 saturated heterocycles. The summed E-state index contributed by atoms with van der Waals surface area (Å²) in [5, 5.41) is 14.6. The largest absolute Gasteiger partial charge is 0.449 e. The number of alkyl halides is 3. The second-order valence-electron chi connectivity index (χ2n) is 4.14. The summed E-state index contributed by atoms with van der Waals surface area (Å²) < 4.78 is 37.4. The zero-order valence-corrected chi connectivity index (χ0v) is 10.1. The van der Waals surface area contributed by atoms with Crippen molar-refractivity contribution < 1.29 is 18.0 Å². The van der Waals surface area contributed by atoms with Gasteiger partial charge < -0.3 is 9.80 Å². The molecular formula is C10H15F3N4O. The Bertz CT molecular complexity index is 380. The van der Waals surface area contributed by atoms with Gasteiger partial charge in [-0.25, -0.2) is 0 Å². The number of rotatable bonds is 1. The molecule has 0 aromatic heterocycles. The van der Waals surface area contributed by atoms with Crippen LogP contribution >= 0.6 is 0 Å². The molecule has 1 atom stereocenters. The summed E-state index contributed by atoms with van der Waals surface area (Å²) in [7, 11) is 0. The molecule has 8 heteroatoms. The summed E-state index contributed by atoms with van der Waals surface area (Å²) in [5.74, 6) is -2.13. The predicted molar refractivity (Wildman–Crippen MR) is 59.7 cm³/mol. The fraction of sp³-hybridized carbons (Fsp3) is 0.700. The van der Waals surface area contributed by atoms with E-state index in [1.54, 1.807) is 6.92 Å². The highest BCUT2D eigenvalue weighted by molar-refractivity contribution is 6.03. The molecule has 1 aliphatic heterocycles. The number of hydrogen-bond acceptors (Lipinski definition) is 3. The summed E-state index contributed by atoms with van der Waals surface area (Å²) in [5.41, 5.74) is 0. The number of nitrogens with zero attached hydrogens (tertiary/aromatic N) is 2. The van der Waals surface area contributed by atoms with Crippen molar-refractivity contribution >= 4 is 17.6 Å². The topological polar surface area (TPSA) is 71.2 Å². The molecule has 1 fully saturated rings. The van der Waals surface area contributed by atoms with Crippen molar-refractivity contribution in [3.63, 3.8) is 0 Å². The van der Waals surface area contributed by atoms with Gasteiger partial charge in [0.05, 0.1) is 12.6 Å². The Morgan fingerprint density at radius 2 is 2.06 bits per heavy atom. The van der Waals surface area contributed by atoms with Crippen LogP contribution in [0.2, 0.25) is 0 Å². The molecule has 1 rings (SSSR count). The molecule has 0 spiro atoms. The summed E-state index contributed by atoms with van der Waals surface area (Å²) in [6.07, 6.45) is -4.53. The molecule has 0 radical (unpaired) electrons. The number of amidine groups is 2. The number of carbonyl (C=O) groups excluding carboxylic acids is 1. The van der Waals surface area contributed by atoms with E-state index in [9.17, 15) is 18.0 Å². The second kappa shape index (κ2) is 4.95. The monoisotopic (exact) mass is 264 g/mol. The second-order valence-corrected chi connectivity index (χ2v) is 4.14. The van der Waals surface area contributed by atoms with E-state index in [1.807, 2.05) is 0 Å². The van der Waals surface area contributed by atoms with Gasteiger partial charge in [0.15, 0.2) is 0 Å². The van der Waals surface area contributed by atoms with E-state index in [4.69, 9.17) is 10.8 Å². The Labute approximate surface area is 103 Å². The Morgan fingerprint density at radius 1 is 1.50 bits per heavy atom. The van der Waals surface area contributed by atoms with E-state index >= 15 is 0 Å². The molecule has 0 aromatic carbocycles. The molecule has 0 bridgehead atoms. The van der Waals surface area contributed by atoms with E-state index in [1.165, 1.54) is 11.8 Å². The van der Waals surface area contributed by atoms with Crippen LogP contribution in [0.3, 0.4) is 0 Å². The van der Waals surface area contributed by atoms with E-state index in [0.717, 1.165) is 0 Å². The number of carbonyl (C=O) groups is 1. The maximum absolute atomic E-state index is 12.5. The molecule has 1 heterocycles. The smallest absolute Gasteiger partial charge is 0.333 e. The maximum Gasteiger partial charge on any atom is 0.449 e. The van der Waals surface area contributed by atoms with Crippen LogP contribution in [-0.4, -0.2) is 52.7 Å². The summed E-state index contributed by atoms with van der Waals surface area (Å²) in [6.45, 7) is 3.02. The van der Waals surface area contributed by atoms with Crippen LogP contribution in [0, 0.1) is 10.8 Å². The van der Waals surface area contributed by atoms with Gasteiger partial charge >= 0.3 is 6.18 Å². The van der Waals surface area contributed by atoms with Crippen LogP contribution in [0.15, 0.2) is 0 Å². The lowest BCUT2D eigenvalue weighted by molar-refractivity contribution is -0.131. The fourth-order valence-corrected chi connectivity index (χ4v) is 1.89. The van der Waals surface area contributed by atoms with Gasteiger partial charge in [-0.2, -0.15) is 13.2 Å². The third-order valence-corrected chi connectivity index (χ3v) is 2.72. The first kappa shape index (κ1) is 14.5. The van der Waals surface area contributed by atoms with Crippen LogP contribution in [0.1, 0.15) is 20.3 Å². The van der Waals surface area contributed by atoms with Gasteiger partial charge in [0, 0.05) is 13.0 Å². The maximum atomic E-state index is 12.5. The first-order valence-corrected chi connectivity index (χ1v) is 5.48. The van der Waals surface area contributed by atoms with Crippen LogP contribution < -0.4 is 0 Å². The van der Waals surface area contributed by atoms with Gasteiger partial charge in [0.25, 0.3) is 0 Å². The SMILES string of the molecule is CCC(=O)N1CC(=N)N(C(=N)C(F)(F)F)C(C)C1. The van der Waals surface area contributed by atoms with Crippen molar-refractivity contribution in [1.82, 2.24) is 9.80 Å². The minimum Gasteiger partial charge on any atom is -0.333 e. The zero-order chi connectivity index (χ0) is 14.1. The van der Waals surface area contributed by atoms with Gasteiger partial charge in [0.2, 0.25) is 11.7 Å². The van der Waals surface area contributed by atoms with Crippen LogP contribution in [0.4, 0.5) is 13.2 Å². The molecule has 1 unspecified atom stereocenters. The molecule has 2 N–H and O–H groups in total. The molecule has 1 amide bonds. The van der Waals surface area contributed by atoms with Gasteiger partial charge in [-0.05, 0) is 6.92 Å². The van der Waals surface area contributed by atoms with Crippen molar-refractivity contribution in [2.75, 3.05) is 13.1 Å². The third kappa shape index (κ3) is 2.80. The highest BCUT2D eigenvalue weighted by Gasteiger charge is 2.44. The van der Waals surface area contributed by atoms with Gasteiger partial charge in [0.1, 0.15) is 5.84 Å². The number of halogens is 3. The average Bonchev–Trinajstić information content (AvgIpc) is 2.25. The number of piperazine rings is 1. The highest BCUT2D eigenvalue weighted by atomic mass is 19.4. The van der Waals surface area contributed by atoms with Crippen LogP contribution in [0.25, 0.3) is 0 Å². The normalized spacial score (nSPS) is 21.2. The van der Waals surface area contributed by atoms with E-state index in [-0.39, 0.29) is 31.3 Å². The third-order valence-electron chi connectivity index (χ3n) is 2.72. The lowest BCUT2D eigenvalue weighted by Gasteiger charge is -2.41. The van der Waals surface area contributed by atoms with Crippen molar-refractivity contribution in [3.8, 4) is 0 Å². The average molecular weight is 264 g/mol. The minimum atomic E-state index is -4.78.